The van der Waals surface area contributed by atoms with Crippen molar-refractivity contribution in [1.82, 2.24) is 4.90 Å². The molecule has 2 unspecified atom stereocenters. The van der Waals surface area contributed by atoms with Crippen LogP contribution >= 0.6 is 22.7 Å². The van der Waals surface area contributed by atoms with Crippen molar-refractivity contribution in [3.63, 3.8) is 0 Å². The molecule has 0 saturated heterocycles. The maximum absolute atomic E-state index is 13.7. The van der Waals surface area contributed by atoms with Crippen molar-refractivity contribution in [2.45, 2.75) is 18.9 Å². The van der Waals surface area contributed by atoms with Crippen LogP contribution in [-0.4, -0.2) is 4.90 Å². The lowest BCUT2D eigenvalue weighted by Gasteiger charge is -2.47. The predicted octanol–water partition coefficient (Wildman–Crippen LogP) is 5.89. The fourth-order valence-corrected chi connectivity index (χ4v) is 7.28. The van der Waals surface area contributed by atoms with E-state index in [1.807, 2.05) is 66.7 Å². The molecular formula is C27H19N3O2S2. The Morgan fingerprint density at radius 1 is 0.647 bits per heavy atom. The van der Waals surface area contributed by atoms with E-state index in [2.05, 4.69) is 27.7 Å². The number of hydrogen-bond acceptors (Lipinski definition) is 7. The average molecular weight is 482 g/mol. The molecule has 0 amide bonds. The van der Waals surface area contributed by atoms with Crippen LogP contribution in [0.1, 0.15) is 29.0 Å². The molecule has 2 atom stereocenters. The Morgan fingerprint density at radius 2 is 1.12 bits per heavy atom. The Bertz CT molecular complexity index is 1600. The highest BCUT2D eigenvalue weighted by Crippen LogP contribution is 2.49. The molecule has 0 aliphatic carbocycles. The number of hydrogen-bond donors (Lipinski definition) is 2. The molecule has 0 fully saturated rings. The van der Waals surface area contributed by atoms with E-state index >= 15 is 0 Å². The molecule has 5 nitrogen and oxygen atoms in total. The van der Waals surface area contributed by atoms with E-state index in [9.17, 15) is 9.59 Å². The first-order valence-electron chi connectivity index (χ1n) is 11.1. The van der Waals surface area contributed by atoms with Crippen molar-refractivity contribution in [2.75, 3.05) is 10.6 Å². The molecule has 0 radical (unpaired) electrons. The van der Waals surface area contributed by atoms with Gasteiger partial charge in [0, 0.05) is 26.7 Å². The maximum atomic E-state index is 13.7. The molecule has 2 N–H and O–H groups in total. The third-order valence-electron chi connectivity index (χ3n) is 6.62. The van der Waals surface area contributed by atoms with Gasteiger partial charge in [-0.2, -0.15) is 0 Å². The molecular weight excluding hydrogens is 462 g/mol. The topological polar surface area (TPSA) is 61.4 Å². The fourth-order valence-electron chi connectivity index (χ4n) is 5.04. The summed E-state index contributed by atoms with van der Waals surface area (Å²) in [6.45, 7) is 0.600. The van der Waals surface area contributed by atoms with Gasteiger partial charge in [-0.05, 0) is 29.8 Å². The van der Waals surface area contributed by atoms with Gasteiger partial charge in [0.25, 0.3) is 0 Å². The van der Waals surface area contributed by atoms with Crippen molar-refractivity contribution in [1.29, 1.82) is 0 Å². The van der Waals surface area contributed by atoms with Crippen LogP contribution in [0.25, 0.3) is 20.2 Å². The van der Waals surface area contributed by atoms with Crippen molar-refractivity contribution in [2.24, 2.45) is 0 Å². The zero-order chi connectivity index (χ0) is 22.8. The molecule has 0 saturated carbocycles. The predicted molar refractivity (Wildman–Crippen MR) is 141 cm³/mol. The van der Waals surface area contributed by atoms with Crippen LogP contribution in [0.3, 0.4) is 0 Å². The van der Waals surface area contributed by atoms with Crippen LogP contribution in [-0.2, 0) is 6.54 Å². The molecule has 2 aliphatic heterocycles. The van der Waals surface area contributed by atoms with E-state index in [0.29, 0.717) is 17.7 Å². The van der Waals surface area contributed by atoms with Gasteiger partial charge in [-0.15, -0.1) is 22.7 Å². The summed E-state index contributed by atoms with van der Waals surface area (Å²) in [6.07, 6.45) is -0.668. The van der Waals surface area contributed by atoms with Gasteiger partial charge < -0.3 is 10.6 Å². The largest absolute Gasteiger partial charge is 0.357 e. The monoisotopic (exact) mass is 481 g/mol. The molecule has 3 aromatic carbocycles. The Labute approximate surface area is 202 Å². The zero-order valence-corrected chi connectivity index (χ0v) is 19.6. The Balaban J connectivity index is 1.49. The first kappa shape index (κ1) is 19.9. The Hall–Kier alpha value is -3.52. The number of benzene rings is 3. The SMILES string of the molecule is O=c1c2c(sc3ccccc13)NC1c3c(sc4ccccc4c3=O)NC2N1Cc1ccccc1. The normalized spacial score (nSPS) is 18.7. The van der Waals surface area contributed by atoms with Crippen LogP contribution in [0.5, 0.6) is 0 Å². The summed E-state index contributed by atoms with van der Waals surface area (Å²) in [6, 6.07) is 25.6. The number of nitrogens with zero attached hydrogens (tertiary/aromatic N) is 1. The van der Waals surface area contributed by atoms with Crippen LogP contribution in [0.15, 0.2) is 88.5 Å². The Morgan fingerprint density at radius 3 is 1.65 bits per heavy atom. The third-order valence-corrected chi connectivity index (χ3v) is 8.86. The summed E-state index contributed by atoms with van der Waals surface area (Å²) in [5.74, 6) is 0. The second kappa shape index (κ2) is 7.50. The quantitative estimate of drug-likeness (QED) is 0.329. The molecule has 2 bridgehead atoms. The lowest BCUT2D eigenvalue weighted by atomic mass is 9.99. The van der Waals surface area contributed by atoms with Crippen LogP contribution < -0.4 is 21.5 Å². The van der Waals surface area contributed by atoms with Crippen molar-refractivity contribution < 1.29 is 0 Å². The maximum Gasteiger partial charge on any atom is 0.196 e. The standard InChI is InChI=1S/C27H19N3O2S2/c31-22-16-10-4-6-12-18(16)33-26-20(22)24-28-27-21(23(32)17-11-5-7-13-19(17)34-27)25(29-26)30(24)14-15-8-2-1-3-9-15/h1-13,24-25,28-29H,14H2. The van der Waals surface area contributed by atoms with E-state index in [1.165, 1.54) is 0 Å². The van der Waals surface area contributed by atoms with Gasteiger partial charge in [0.2, 0.25) is 0 Å². The summed E-state index contributed by atoms with van der Waals surface area (Å²) in [5.41, 5.74) is 2.62. The van der Waals surface area contributed by atoms with Crippen molar-refractivity contribution in [3.05, 3.63) is 116 Å². The molecule has 5 aromatic rings. The van der Waals surface area contributed by atoms with Crippen molar-refractivity contribution in [3.8, 4) is 0 Å². The number of rotatable bonds is 2. The number of anilines is 2. The van der Waals surface area contributed by atoms with Gasteiger partial charge in [-0.3, -0.25) is 14.5 Å². The summed E-state index contributed by atoms with van der Waals surface area (Å²) in [7, 11) is 0. The minimum Gasteiger partial charge on any atom is -0.357 e. The second-order valence-electron chi connectivity index (χ2n) is 8.59. The zero-order valence-electron chi connectivity index (χ0n) is 17.9. The lowest BCUT2D eigenvalue weighted by Crippen LogP contribution is -2.50. The van der Waals surface area contributed by atoms with E-state index < -0.39 is 0 Å². The highest BCUT2D eigenvalue weighted by molar-refractivity contribution is 7.22. The number of fused-ring (bicyclic) bond motifs is 8. The van der Waals surface area contributed by atoms with Gasteiger partial charge >= 0.3 is 0 Å². The summed E-state index contributed by atoms with van der Waals surface area (Å²) in [4.78, 5) is 29.6. The van der Waals surface area contributed by atoms with E-state index in [4.69, 9.17) is 0 Å². The lowest BCUT2D eigenvalue weighted by molar-refractivity contribution is 0.138. The Kier molecular flexibility index (Phi) is 4.39. The van der Waals surface area contributed by atoms with Gasteiger partial charge in [0.15, 0.2) is 10.9 Å². The minimum absolute atomic E-state index is 0.0300. The third kappa shape index (κ3) is 2.88. The molecule has 34 heavy (non-hydrogen) atoms. The van der Waals surface area contributed by atoms with E-state index in [-0.39, 0.29) is 23.2 Å². The van der Waals surface area contributed by atoms with E-state index in [1.54, 1.807) is 22.7 Å². The molecule has 2 aliphatic rings. The molecule has 7 rings (SSSR count). The molecule has 2 aromatic heterocycles. The minimum atomic E-state index is -0.334. The van der Waals surface area contributed by atoms with E-state index in [0.717, 1.165) is 35.7 Å². The first-order valence-corrected chi connectivity index (χ1v) is 12.8. The van der Waals surface area contributed by atoms with Crippen LogP contribution in [0, 0.1) is 0 Å². The average Bonchev–Trinajstić information content (AvgIpc) is 2.85. The van der Waals surface area contributed by atoms with Crippen LogP contribution in [0.4, 0.5) is 10.0 Å². The second-order valence-corrected chi connectivity index (χ2v) is 10.7. The molecule has 166 valence electrons. The molecule has 4 heterocycles. The summed E-state index contributed by atoms with van der Waals surface area (Å²) >= 11 is 3.15. The van der Waals surface area contributed by atoms with Gasteiger partial charge in [0.1, 0.15) is 22.3 Å². The van der Waals surface area contributed by atoms with Crippen LogP contribution in [0.2, 0.25) is 0 Å². The van der Waals surface area contributed by atoms with Gasteiger partial charge in [-0.25, -0.2) is 0 Å². The fraction of sp³-hybridized carbons (Fsp3) is 0.111. The highest BCUT2D eigenvalue weighted by atomic mass is 32.1. The number of nitrogens with one attached hydrogen (secondary N) is 2. The van der Waals surface area contributed by atoms with Crippen molar-refractivity contribution >= 4 is 52.8 Å². The van der Waals surface area contributed by atoms with Gasteiger partial charge in [0.05, 0.1) is 11.1 Å². The molecule has 0 spiro atoms. The first-order chi connectivity index (χ1) is 16.7. The molecule has 7 heteroatoms. The summed E-state index contributed by atoms with van der Waals surface area (Å²) in [5, 5.41) is 10.3. The smallest absolute Gasteiger partial charge is 0.196 e. The van der Waals surface area contributed by atoms with Gasteiger partial charge in [-0.1, -0.05) is 54.6 Å². The summed E-state index contributed by atoms with van der Waals surface area (Å²) < 4.78 is 1.88. The highest BCUT2D eigenvalue weighted by Gasteiger charge is 2.44.